The number of nitrogens with zero attached hydrogens (tertiary/aromatic N) is 2. The zero-order valence-corrected chi connectivity index (χ0v) is 16.4. The molecule has 2 aromatic rings. The normalized spacial score (nSPS) is 16.8. The lowest BCUT2D eigenvalue weighted by atomic mass is 10.2. The van der Waals surface area contributed by atoms with Gasteiger partial charge in [-0.1, -0.05) is 24.3 Å². The molecule has 0 bridgehead atoms. The molecule has 3 rings (SSSR count). The van der Waals surface area contributed by atoms with E-state index in [2.05, 4.69) is 0 Å². The monoisotopic (exact) mass is 452 g/mol. The predicted molar refractivity (Wildman–Crippen MR) is 97.1 cm³/mol. The number of halogens is 4. The largest absolute Gasteiger partial charge is 0.501 e. The van der Waals surface area contributed by atoms with Gasteiger partial charge in [0.05, 0.1) is 10.6 Å². The van der Waals surface area contributed by atoms with Gasteiger partial charge in [0.2, 0.25) is 10.0 Å². The Bertz CT molecular complexity index is 1110. The molecule has 0 radical (unpaired) electrons. The van der Waals surface area contributed by atoms with Gasteiger partial charge in [-0.25, -0.2) is 21.2 Å². The van der Waals surface area contributed by atoms with Gasteiger partial charge in [-0.2, -0.15) is 17.5 Å². The van der Waals surface area contributed by atoms with E-state index < -0.39 is 41.0 Å². The summed E-state index contributed by atoms with van der Waals surface area (Å²) in [6.07, 6.45) is 0. The van der Waals surface area contributed by atoms with Gasteiger partial charge in [0.25, 0.3) is 9.84 Å². The molecule has 1 saturated heterocycles. The molecule has 1 aliphatic rings. The van der Waals surface area contributed by atoms with E-state index in [-0.39, 0.29) is 31.9 Å². The molecule has 29 heavy (non-hydrogen) atoms. The first-order chi connectivity index (χ1) is 13.5. The maximum Gasteiger partial charge on any atom is 0.501 e. The van der Waals surface area contributed by atoms with Crippen LogP contribution in [0.1, 0.15) is 0 Å². The molecule has 1 heterocycles. The van der Waals surface area contributed by atoms with Crippen molar-refractivity contribution in [3.05, 3.63) is 54.3 Å². The third kappa shape index (κ3) is 3.96. The number of rotatable bonds is 4. The highest BCUT2D eigenvalue weighted by atomic mass is 32.2. The van der Waals surface area contributed by atoms with E-state index in [4.69, 9.17) is 0 Å². The van der Waals surface area contributed by atoms with E-state index in [1.807, 2.05) is 0 Å². The molecule has 0 aliphatic carbocycles. The first-order valence-electron chi connectivity index (χ1n) is 8.36. The number of benzene rings is 2. The van der Waals surface area contributed by atoms with Gasteiger partial charge in [-0.3, -0.25) is 0 Å². The van der Waals surface area contributed by atoms with Crippen LogP contribution in [-0.2, 0) is 19.9 Å². The third-order valence-corrected chi connectivity index (χ3v) is 7.96. The highest BCUT2D eigenvalue weighted by Gasteiger charge is 2.48. The van der Waals surface area contributed by atoms with E-state index >= 15 is 0 Å². The molecule has 1 aliphatic heterocycles. The molecular formula is C17H16F4N2O4S2. The van der Waals surface area contributed by atoms with Gasteiger partial charge in [0.1, 0.15) is 10.7 Å². The number of hydrogen-bond donors (Lipinski definition) is 0. The summed E-state index contributed by atoms with van der Waals surface area (Å²) in [7, 11) is -9.70. The van der Waals surface area contributed by atoms with Crippen LogP contribution in [0.25, 0.3) is 0 Å². The first kappa shape index (κ1) is 21.5. The van der Waals surface area contributed by atoms with Crippen LogP contribution in [-0.4, -0.2) is 52.8 Å². The average Bonchev–Trinajstić information content (AvgIpc) is 2.67. The molecule has 0 amide bonds. The molecule has 6 nitrogen and oxygen atoms in total. The Morgan fingerprint density at radius 3 is 1.83 bits per heavy atom. The predicted octanol–water partition coefficient (Wildman–Crippen LogP) is 2.63. The summed E-state index contributed by atoms with van der Waals surface area (Å²) < 4.78 is 103. The van der Waals surface area contributed by atoms with E-state index in [0.717, 1.165) is 22.5 Å². The second-order valence-corrected chi connectivity index (χ2v) is 10.1. The van der Waals surface area contributed by atoms with Crippen molar-refractivity contribution in [2.24, 2.45) is 0 Å². The lowest BCUT2D eigenvalue weighted by Crippen LogP contribution is -2.49. The van der Waals surface area contributed by atoms with Crippen LogP contribution in [0.5, 0.6) is 0 Å². The summed E-state index contributed by atoms with van der Waals surface area (Å²) in [5.41, 5.74) is -5.62. The molecule has 12 heteroatoms. The molecule has 0 unspecified atom stereocenters. The maximum atomic E-state index is 13.9. The van der Waals surface area contributed by atoms with Gasteiger partial charge in [0, 0.05) is 26.2 Å². The highest BCUT2D eigenvalue weighted by Crippen LogP contribution is 2.36. The minimum Gasteiger partial charge on any atom is -0.368 e. The SMILES string of the molecule is O=S(=O)(c1ccccc1F)N1CCN(c2ccccc2S(=O)(=O)C(F)(F)F)CC1. The molecular weight excluding hydrogens is 436 g/mol. The Morgan fingerprint density at radius 1 is 0.759 bits per heavy atom. The Labute approximate surface area is 165 Å². The zero-order chi connectivity index (χ0) is 21.4. The third-order valence-electron chi connectivity index (χ3n) is 4.49. The molecule has 2 aromatic carbocycles. The van der Waals surface area contributed by atoms with Crippen molar-refractivity contribution in [1.29, 1.82) is 0 Å². The highest BCUT2D eigenvalue weighted by molar-refractivity contribution is 7.92. The summed E-state index contributed by atoms with van der Waals surface area (Å²) in [6, 6.07) is 9.55. The van der Waals surface area contributed by atoms with Gasteiger partial charge in [0.15, 0.2) is 0 Å². The van der Waals surface area contributed by atoms with Crippen LogP contribution in [0.15, 0.2) is 58.3 Å². The van der Waals surface area contributed by atoms with E-state index in [1.165, 1.54) is 35.2 Å². The summed E-state index contributed by atoms with van der Waals surface area (Å²) in [4.78, 5) is -0.0159. The number of alkyl halides is 3. The van der Waals surface area contributed by atoms with Crippen molar-refractivity contribution in [2.45, 2.75) is 15.3 Å². The van der Waals surface area contributed by atoms with E-state index in [9.17, 15) is 34.4 Å². The molecule has 0 saturated carbocycles. The topological polar surface area (TPSA) is 74.8 Å². The van der Waals surface area contributed by atoms with Crippen LogP contribution in [0, 0.1) is 5.82 Å². The number of sulfone groups is 1. The Kier molecular flexibility index (Phi) is 5.62. The number of hydrogen-bond acceptors (Lipinski definition) is 5. The van der Waals surface area contributed by atoms with Crippen molar-refractivity contribution >= 4 is 25.5 Å². The fourth-order valence-electron chi connectivity index (χ4n) is 3.03. The number of anilines is 1. The van der Waals surface area contributed by atoms with Gasteiger partial charge < -0.3 is 4.90 Å². The number of para-hydroxylation sites is 1. The molecule has 0 aromatic heterocycles. The molecule has 0 spiro atoms. The second kappa shape index (κ2) is 7.58. The van der Waals surface area contributed by atoms with Crippen LogP contribution in [0.3, 0.4) is 0 Å². The van der Waals surface area contributed by atoms with Crippen molar-refractivity contribution in [3.63, 3.8) is 0 Å². The Morgan fingerprint density at radius 2 is 1.28 bits per heavy atom. The van der Waals surface area contributed by atoms with Gasteiger partial charge in [-0.05, 0) is 24.3 Å². The Balaban J connectivity index is 1.85. The van der Waals surface area contributed by atoms with E-state index in [0.29, 0.717) is 0 Å². The summed E-state index contributed by atoms with van der Waals surface area (Å²) in [6.45, 7) is -0.399. The summed E-state index contributed by atoms with van der Waals surface area (Å²) in [5, 5.41) is 0. The Hall–Kier alpha value is -2.18. The molecule has 0 atom stereocenters. The quantitative estimate of drug-likeness (QED) is 0.667. The smallest absolute Gasteiger partial charge is 0.368 e. The molecule has 0 N–H and O–H groups in total. The molecule has 1 fully saturated rings. The van der Waals surface area contributed by atoms with Gasteiger partial charge >= 0.3 is 5.51 Å². The van der Waals surface area contributed by atoms with Crippen LogP contribution in [0.4, 0.5) is 23.2 Å². The zero-order valence-electron chi connectivity index (χ0n) is 14.8. The number of piperazine rings is 1. The van der Waals surface area contributed by atoms with Crippen LogP contribution < -0.4 is 4.90 Å². The van der Waals surface area contributed by atoms with Crippen molar-refractivity contribution in [1.82, 2.24) is 4.31 Å². The average molecular weight is 452 g/mol. The second-order valence-electron chi connectivity index (χ2n) is 6.24. The van der Waals surface area contributed by atoms with Crippen molar-refractivity contribution in [2.75, 3.05) is 31.1 Å². The number of sulfonamides is 1. The minimum atomic E-state index is -5.57. The van der Waals surface area contributed by atoms with Crippen molar-refractivity contribution < 1.29 is 34.4 Å². The lowest BCUT2D eigenvalue weighted by Gasteiger charge is -2.36. The summed E-state index contributed by atoms with van der Waals surface area (Å²) in [5.74, 6) is -0.906. The first-order valence-corrected chi connectivity index (χ1v) is 11.3. The fourth-order valence-corrected chi connectivity index (χ4v) is 5.50. The lowest BCUT2D eigenvalue weighted by molar-refractivity contribution is -0.0435. The maximum absolute atomic E-state index is 13.9. The van der Waals surface area contributed by atoms with E-state index in [1.54, 1.807) is 0 Å². The summed E-state index contributed by atoms with van der Waals surface area (Å²) >= 11 is 0. The van der Waals surface area contributed by atoms with Crippen LogP contribution in [0.2, 0.25) is 0 Å². The standard InChI is InChI=1S/C17H16F4N2O4S2/c18-13-5-1-3-7-15(13)29(26,27)23-11-9-22(10-12-23)14-6-2-4-8-16(14)28(24,25)17(19,20)21/h1-8H,9-12H2. The van der Waals surface area contributed by atoms with Crippen LogP contribution >= 0.6 is 0 Å². The minimum absolute atomic E-state index is 0.0575. The van der Waals surface area contributed by atoms with Crippen molar-refractivity contribution in [3.8, 4) is 0 Å². The fraction of sp³-hybridized carbons (Fsp3) is 0.294. The van der Waals surface area contributed by atoms with Gasteiger partial charge in [-0.15, -0.1) is 0 Å². The molecule has 158 valence electrons.